The highest BCUT2D eigenvalue weighted by molar-refractivity contribution is 7.99. The summed E-state index contributed by atoms with van der Waals surface area (Å²) in [5.74, 6) is -0.766. The lowest BCUT2D eigenvalue weighted by Crippen LogP contribution is -2.47. The van der Waals surface area contributed by atoms with Crippen molar-refractivity contribution in [2.24, 2.45) is 0 Å². The van der Waals surface area contributed by atoms with E-state index in [2.05, 4.69) is 5.32 Å². The third-order valence-corrected chi connectivity index (χ3v) is 3.28. The third kappa shape index (κ3) is 4.98. The molecule has 1 fully saturated rings. The molecule has 108 valence electrons. The maximum Gasteiger partial charge on any atom is 0.408 e. The summed E-state index contributed by atoms with van der Waals surface area (Å²) in [4.78, 5) is 35.3. The predicted octanol–water partition coefficient (Wildman–Crippen LogP) is 0.497. The lowest BCUT2D eigenvalue weighted by molar-refractivity contribution is -0.147. The molecule has 2 N–H and O–H groups in total. The molecular formula is C11H18N2O5S. The topological polar surface area (TPSA) is 95.9 Å². The van der Waals surface area contributed by atoms with Crippen LogP contribution in [0.4, 0.5) is 4.79 Å². The van der Waals surface area contributed by atoms with Gasteiger partial charge in [0.05, 0.1) is 5.88 Å². The summed E-state index contributed by atoms with van der Waals surface area (Å²) < 4.78 is 4.98. The van der Waals surface area contributed by atoms with Gasteiger partial charge in [-0.1, -0.05) is 0 Å². The molecule has 0 aliphatic carbocycles. The number of rotatable bonds is 3. The van der Waals surface area contributed by atoms with Crippen LogP contribution in [0.15, 0.2) is 0 Å². The molecule has 1 atom stereocenters. The average molecular weight is 290 g/mol. The smallest absolute Gasteiger partial charge is 0.408 e. The van der Waals surface area contributed by atoms with Crippen LogP contribution in [0.5, 0.6) is 0 Å². The van der Waals surface area contributed by atoms with E-state index in [-0.39, 0.29) is 6.54 Å². The number of hydrogen-bond donors (Lipinski definition) is 2. The molecule has 0 radical (unpaired) electrons. The Morgan fingerprint density at radius 3 is 2.58 bits per heavy atom. The molecule has 0 unspecified atom stereocenters. The van der Waals surface area contributed by atoms with Crippen LogP contribution in [0.1, 0.15) is 20.8 Å². The number of hydrogen-bond acceptors (Lipinski definition) is 5. The van der Waals surface area contributed by atoms with Crippen LogP contribution in [-0.2, 0) is 14.3 Å². The average Bonchev–Trinajstić information content (AvgIpc) is 2.72. The van der Waals surface area contributed by atoms with Crippen molar-refractivity contribution >= 4 is 29.7 Å². The highest BCUT2D eigenvalue weighted by Gasteiger charge is 2.34. The van der Waals surface area contributed by atoms with E-state index in [4.69, 9.17) is 9.84 Å². The Labute approximate surface area is 115 Å². The maximum absolute atomic E-state index is 11.8. The molecular weight excluding hydrogens is 272 g/mol. The number of ether oxygens (including phenoxy) is 1. The molecule has 0 aromatic carbocycles. The van der Waals surface area contributed by atoms with E-state index in [9.17, 15) is 14.4 Å². The first-order chi connectivity index (χ1) is 8.70. The first kappa shape index (κ1) is 15.6. The number of carbonyl (C=O) groups is 3. The lowest BCUT2D eigenvalue weighted by Gasteiger charge is -2.22. The van der Waals surface area contributed by atoms with Crippen molar-refractivity contribution in [3.8, 4) is 0 Å². The molecule has 0 aromatic rings. The van der Waals surface area contributed by atoms with Gasteiger partial charge in [-0.25, -0.2) is 9.59 Å². The molecule has 2 amide bonds. The molecule has 1 saturated heterocycles. The molecule has 1 aliphatic rings. The van der Waals surface area contributed by atoms with Crippen LogP contribution in [0.2, 0.25) is 0 Å². The number of amides is 2. The number of nitrogens with one attached hydrogen (secondary N) is 1. The monoisotopic (exact) mass is 290 g/mol. The van der Waals surface area contributed by atoms with Crippen LogP contribution < -0.4 is 5.32 Å². The molecule has 1 rings (SSSR count). The lowest BCUT2D eigenvalue weighted by atomic mass is 10.2. The number of thioether (sulfide) groups is 1. The minimum absolute atomic E-state index is 0.265. The van der Waals surface area contributed by atoms with Gasteiger partial charge in [-0.15, -0.1) is 11.8 Å². The first-order valence-corrected chi connectivity index (χ1v) is 6.93. The Bertz CT molecular complexity index is 380. The summed E-state index contributed by atoms with van der Waals surface area (Å²) in [5.41, 5.74) is -0.639. The second-order valence-electron chi connectivity index (χ2n) is 5.07. The summed E-state index contributed by atoms with van der Waals surface area (Å²) in [6.45, 7) is 4.88. The molecule has 19 heavy (non-hydrogen) atoms. The van der Waals surface area contributed by atoms with Gasteiger partial charge in [0.2, 0.25) is 5.91 Å². The Morgan fingerprint density at radius 1 is 1.42 bits per heavy atom. The van der Waals surface area contributed by atoms with Crippen molar-refractivity contribution < 1.29 is 24.2 Å². The number of carboxylic acid groups (broad SMARTS) is 1. The number of carboxylic acids is 1. The van der Waals surface area contributed by atoms with Crippen molar-refractivity contribution in [2.45, 2.75) is 32.4 Å². The van der Waals surface area contributed by atoms with Crippen molar-refractivity contribution in [1.82, 2.24) is 10.2 Å². The largest absolute Gasteiger partial charge is 0.480 e. The van der Waals surface area contributed by atoms with Crippen molar-refractivity contribution in [1.29, 1.82) is 0 Å². The van der Waals surface area contributed by atoms with Gasteiger partial charge in [0, 0.05) is 5.75 Å². The number of aliphatic carboxylic acids is 1. The number of nitrogens with zero attached hydrogens (tertiary/aromatic N) is 1. The van der Waals surface area contributed by atoms with Gasteiger partial charge in [0.1, 0.15) is 18.2 Å². The van der Waals surface area contributed by atoms with Crippen LogP contribution >= 0.6 is 11.8 Å². The fourth-order valence-electron chi connectivity index (χ4n) is 1.46. The summed E-state index contributed by atoms with van der Waals surface area (Å²) in [7, 11) is 0. The SMILES string of the molecule is CC(C)(C)OC(=O)NCC(=O)N1CSC[C@@H]1C(=O)O. The Hall–Kier alpha value is -1.44. The zero-order valence-corrected chi connectivity index (χ0v) is 12.0. The molecule has 1 heterocycles. The van der Waals surface area contributed by atoms with E-state index in [1.54, 1.807) is 20.8 Å². The normalized spacial score (nSPS) is 19.1. The summed E-state index contributed by atoms with van der Waals surface area (Å²) in [5, 5.41) is 11.3. The Kier molecular flexibility index (Phi) is 5.04. The summed E-state index contributed by atoms with van der Waals surface area (Å²) in [6.07, 6.45) is -0.695. The minimum Gasteiger partial charge on any atom is -0.480 e. The predicted molar refractivity (Wildman–Crippen MR) is 69.8 cm³/mol. The summed E-state index contributed by atoms with van der Waals surface area (Å²) >= 11 is 1.37. The van der Waals surface area contributed by atoms with E-state index in [1.807, 2.05) is 0 Å². The second-order valence-corrected chi connectivity index (χ2v) is 6.07. The molecule has 0 aromatic heterocycles. The number of carbonyl (C=O) groups excluding carboxylic acids is 2. The fraction of sp³-hybridized carbons (Fsp3) is 0.727. The molecule has 0 saturated carbocycles. The van der Waals surface area contributed by atoms with Gasteiger partial charge in [0.25, 0.3) is 0 Å². The zero-order valence-electron chi connectivity index (χ0n) is 11.1. The minimum atomic E-state index is -1.03. The van der Waals surface area contributed by atoms with E-state index in [1.165, 1.54) is 16.7 Å². The standard InChI is InChI=1S/C11H18N2O5S/c1-11(2,3)18-10(17)12-4-8(14)13-6-19-5-7(13)9(15)16/h7H,4-6H2,1-3H3,(H,12,17)(H,15,16)/t7-/m1/s1. The van der Waals surface area contributed by atoms with Gasteiger partial charge in [-0.2, -0.15) is 0 Å². The molecule has 0 bridgehead atoms. The van der Waals surface area contributed by atoms with Crippen molar-refractivity contribution in [3.05, 3.63) is 0 Å². The highest BCUT2D eigenvalue weighted by atomic mass is 32.2. The summed E-state index contributed by atoms with van der Waals surface area (Å²) in [6, 6.07) is -0.821. The van der Waals surface area contributed by atoms with E-state index >= 15 is 0 Å². The Morgan fingerprint density at radius 2 is 2.05 bits per heavy atom. The first-order valence-electron chi connectivity index (χ1n) is 5.77. The van der Waals surface area contributed by atoms with Crippen LogP contribution in [0.25, 0.3) is 0 Å². The van der Waals surface area contributed by atoms with Crippen LogP contribution in [0, 0.1) is 0 Å². The molecule has 8 heteroatoms. The van der Waals surface area contributed by atoms with Gasteiger partial charge < -0.3 is 20.1 Å². The van der Waals surface area contributed by atoms with Crippen molar-refractivity contribution in [2.75, 3.05) is 18.2 Å². The second kappa shape index (κ2) is 6.14. The van der Waals surface area contributed by atoms with E-state index in [0.29, 0.717) is 11.6 Å². The van der Waals surface area contributed by atoms with Crippen molar-refractivity contribution in [3.63, 3.8) is 0 Å². The fourth-order valence-corrected chi connectivity index (χ4v) is 2.63. The van der Waals surface area contributed by atoms with Gasteiger partial charge in [-0.05, 0) is 20.8 Å². The highest BCUT2D eigenvalue weighted by Crippen LogP contribution is 2.20. The maximum atomic E-state index is 11.8. The van der Waals surface area contributed by atoms with E-state index in [0.717, 1.165) is 0 Å². The van der Waals surface area contributed by atoms with Gasteiger partial charge >= 0.3 is 12.1 Å². The van der Waals surface area contributed by atoms with Crippen LogP contribution in [-0.4, -0.2) is 57.8 Å². The van der Waals surface area contributed by atoms with E-state index < -0.39 is 29.6 Å². The third-order valence-electron chi connectivity index (χ3n) is 2.27. The van der Waals surface area contributed by atoms with Gasteiger partial charge in [0.15, 0.2) is 0 Å². The number of alkyl carbamates (subject to hydrolysis) is 1. The molecule has 7 nitrogen and oxygen atoms in total. The zero-order chi connectivity index (χ0) is 14.6. The Balaban J connectivity index is 2.43. The quantitative estimate of drug-likeness (QED) is 0.785. The van der Waals surface area contributed by atoms with Gasteiger partial charge in [-0.3, -0.25) is 4.79 Å². The van der Waals surface area contributed by atoms with Crippen LogP contribution in [0.3, 0.4) is 0 Å². The molecule has 1 aliphatic heterocycles. The molecule has 0 spiro atoms.